The summed E-state index contributed by atoms with van der Waals surface area (Å²) in [5, 5.41) is 6.45. The van der Waals surface area contributed by atoms with Crippen molar-refractivity contribution in [3.05, 3.63) is 66.2 Å². The number of sulfone groups is 1. The van der Waals surface area contributed by atoms with Gasteiger partial charge in [0.15, 0.2) is 15.8 Å². The highest BCUT2D eigenvalue weighted by atomic mass is 32.2. The van der Waals surface area contributed by atoms with Gasteiger partial charge in [0.1, 0.15) is 0 Å². The zero-order chi connectivity index (χ0) is 18.8. The highest BCUT2D eigenvalue weighted by Gasteiger charge is 2.20. The highest BCUT2D eigenvalue weighted by molar-refractivity contribution is 7.91. The second-order valence-electron chi connectivity index (χ2n) is 6.02. The minimum absolute atomic E-state index is 0.0310. The van der Waals surface area contributed by atoms with Gasteiger partial charge in [-0.2, -0.15) is 0 Å². The summed E-state index contributed by atoms with van der Waals surface area (Å²) in [5.74, 6) is 0.662. The number of nitrogens with one attached hydrogen (secondary N) is 2. The van der Waals surface area contributed by atoms with Gasteiger partial charge in [-0.05, 0) is 31.0 Å². The SMILES string of the molecule is CCNC(=NCc1ccccc1)NC(CC)CS(=O)(=O)c1ccccc1. The van der Waals surface area contributed by atoms with Crippen LogP contribution in [-0.4, -0.2) is 32.7 Å². The van der Waals surface area contributed by atoms with E-state index in [9.17, 15) is 8.42 Å². The minimum Gasteiger partial charge on any atom is -0.357 e. The molecule has 2 rings (SSSR count). The van der Waals surface area contributed by atoms with Crippen LogP contribution < -0.4 is 10.6 Å². The molecule has 0 saturated heterocycles. The highest BCUT2D eigenvalue weighted by Crippen LogP contribution is 2.12. The van der Waals surface area contributed by atoms with Crippen LogP contribution in [0.3, 0.4) is 0 Å². The summed E-state index contributed by atoms with van der Waals surface area (Å²) in [6, 6.07) is 18.3. The molecule has 2 aromatic rings. The zero-order valence-electron chi connectivity index (χ0n) is 15.4. The first-order valence-corrected chi connectivity index (χ1v) is 10.6. The van der Waals surface area contributed by atoms with Crippen molar-refractivity contribution in [3.63, 3.8) is 0 Å². The molecular weight excluding hydrogens is 346 g/mol. The molecule has 0 aromatic heterocycles. The molecule has 1 atom stereocenters. The van der Waals surface area contributed by atoms with E-state index in [0.29, 0.717) is 30.4 Å². The van der Waals surface area contributed by atoms with Crippen LogP contribution in [0.2, 0.25) is 0 Å². The molecule has 0 saturated carbocycles. The third-order valence-corrected chi connectivity index (χ3v) is 5.79. The number of hydrogen-bond acceptors (Lipinski definition) is 3. The molecule has 0 spiro atoms. The van der Waals surface area contributed by atoms with Crippen LogP contribution >= 0.6 is 0 Å². The number of guanidine groups is 1. The van der Waals surface area contributed by atoms with E-state index in [2.05, 4.69) is 15.6 Å². The number of hydrogen-bond donors (Lipinski definition) is 2. The molecule has 6 heteroatoms. The van der Waals surface area contributed by atoms with E-state index in [1.807, 2.05) is 50.2 Å². The Morgan fingerprint density at radius 2 is 1.62 bits per heavy atom. The Labute approximate surface area is 156 Å². The van der Waals surface area contributed by atoms with Gasteiger partial charge in [-0.3, -0.25) is 0 Å². The topological polar surface area (TPSA) is 70.6 Å². The Morgan fingerprint density at radius 1 is 1.00 bits per heavy atom. The molecular formula is C20H27N3O2S. The van der Waals surface area contributed by atoms with Crippen LogP contribution in [0.25, 0.3) is 0 Å². The summed E-state index contributed by atoms with van der Waals surface area (Å²) in [5.41, 5.74) is 1.11. The Bertz CT molecular complexity index is 790. The van der Waals surface area contributed by atoms with Crippen molar-refractivity contribution in [2.24, 2.45) is 4.99 Å². The molecule has 26 heavy (non-hydrogen) atoms. The molecule has 0 amide bonds. The standard InChI is InChI=1S/C20H27N3O2S/c1-3-18(16-26(24,25)19-13-9-6-10-14-19)23-20(21-4-2)22-15-17-11-7-5-8-12-17/h5-14,18H,3-4,15-16H2,1-2H3,(H2,21,22,23). The van der Waals surface area contributed by atoms with Crippen molar-refractivity contribution in [2.45, 2.75) is 37.8 Å². The largest absolute Gasteiger partial charge is 0.357 e. The molecule has 5 nitrogen and oxygen atoms in total. The first-order valence-electron chi connectivity index (χ1n) is 8.91. The number of rotatable bonds is 8. The monoisotopic (exact) mass is 373 g/mol. The van der Waals surface area contributed by atoms with Gasteiger partial charge in [0.2, 0.25) is 0 Å². The Morgan fingerprint density at radius 3 is 2.19 bits per heavy atom. The summed E-state index contributed by atoms with van der Waals surface area (Å²) in [4.78, 5) is 4.93. The van der Waals surface area contributed by atoms with Crippen molar-refractivity contribution in [1.29, 1.82) is 0 Å². The van der Waals surface area contributed by atoms with Crippen molar-refractivity contribution in [1.82, 2.24) is 10.6 Å². The lowest BCUT2D eigenvalue weighted by molar-refractivity contribution is 0.569. The molecule has 0 bridgehead atoms. The third-order valence-electron chi connectivity index (χ3n) is 3.96. The van der Waals surface area contributed by atoms with Gasteiger partial charge in [-0.15, -0.1) is 0 Å². The molecule has 0 aliphatic carbocycles. The van der Waals surface area contributed by atoms with Crippen LogP contribution in [0.15, 0.2) is 70.6 Å². The van der Waals surface area contributed by atoms with E-state index in [1.165, 1.54) is 0 Å². The van der Waals surface area contributed by atoms with E-state index < -0.39 is 9.84 Å². The average Bonchev–Trinajstić information content (AvgIpc) is 2.67. The van der Waals surface area contributed by atoms with Crippen LogP contribution in [0.1, 0.15) is 25.8 Å². The molecule has 0 aliphatic heterocycles. The van der Waals surface area contributed by atoms with E-state index in [-0.39, 0.29) is 11.8 Å². The normalized spacial score (nSPS) is 13.2. The first-order chi connectivity index (χ1) is 12.5. The Hall–Kier alpha value is -2.34. The predicted octanol–water partition coefficient (Wildman–Crippen LogP) is 2.99. The van der Waals surface area contributed by atoms with Gasteiger partial charge in [0.25, 0.3) is 0 Å². The summed E-state index contributed by atoms with van der Waals surface area (Å²) in [6.45, 7) is 5.21. The van der Waals surface area contributed by atoms with Gasteiger partial charge < -0.3 is 10.6 Å². The van der Waals surface area contributed by atoms with Crippen LogP contribution in [-0.2, 0) is 16.4 Å². The van der Waals surface area contributed by atoms with E-state index >= 15 is 0 Å². The summed E-state index contributed by atoms with van der Waals surface area (Å²) in [6.07, 6.45) is 0.682. The van der Waals surface area contributed by atoms with Gasteiger partial charge in [0, 0.05) is 12.6 Å². The van der Waals surface area contributed by atoms with Crippen LogP contribution in [0.4, 0.5) is 0 Å². The second-order valence-corrected chi connectivity index (χ2v) is 8.06. The molecule has 2 aromatic carbocycles. The fourth-order valence-electron chi connectivity index (χ4n) is 2.52. The molecule has 0 heterocycles. The van der Waals surface area contributed by atoms with Gasteiger partial charge in [-0.1, -0.05) is 55.5 Å². The van der Waals surface area contributed by atoms with Gasteiger partial charge >= 0.3 is 0 Å². The maximum absolute atomic E-state index is 12.6. The second kappa shape index (κ2) is 9.97. The molecule has 0 fully saturated rings. The average molecular weight is 374 g/mol. The molecule has 0 aliphatic rings. The Kier molecular flexibility index (Phi) is 7.66. The van der Waals surface area contributed by atoms with Crippen LogP contribution in [0, 0.1) is 0 Å². The number of aliphatic imine (C=N–C) groups is 1. The molecule has 2 N–H and O–H groups in total. The summed E-state index contributed by atoms with van der Waals surface area (Å²) >= 11 is 0. The first kappa shape index (κ1) is 20.0. The van der Waals surface area contributed by atoms with Crippen molar-refractivity contribution in [3.8, 4) is 0 Å². The van der Waals surface area contributed by atoms with Crippen molar-refractivity contribution >= 4 is 15.8 Å². The van der Waals surface area contributed by atoms with E-state index in [1.54, 1.807) is 24.3 Å². The van der Waals surface area contributed by atoms with Gasteiger partial charge in [-0.25, -0.2) is 13.4 Å². The smallest absolute Gasteiger partial charge is 0.191 e. The fourth-order valence-corrected chi connectivity index (χ4v) is 4.13. The summed E-state index contributed by atoms with van der Waals surface area (Å²) < 4.78 is 25.2. The van der Waals surface area contributed by atoms with Crippen molar-refractivity contribution in [2.75, 3.05) is 12.3 Å². The maximum atomic E-state index is 12.6. The lowest BCUT2D eigenvalue weighted by Gasteiger charge is -2.20. The minimum atomic E-state index is -3.34. The van der Waals surface area contributed by atoms with E-state index in [0.717, 1.165) is 5.56 Å². The van der Waals surface area contributed by atoms with Crippen LogP contribution in [0.5, 0.6) is 0 Å². The third kappa shape index (κ3) is 6.19. The lowest BCUT2D eigenvalue weighted by Crippen LogP contribution is -2.46. The lowest BCUT2D eigenvalue weighted by atomic mass is 10.2. The van der Waals surface area contributed by atoms with Gasteiger partial charge in [0.05, 0.1) is 17.2 Å². The molecule has 140 valence electrons. The van der Waals surface area contributed by atoms with Crippen molar-refractivity contribution < 1.29 is 8.42 Å². The van der Waals surface area contributed by atoms with E-state index in [4.69, 9.17) is 0 Å². The maximum Gasteiger partial charge on any atom is 0.191 e. The Balaban J connectivity index is 2.07. The fraction of sp³-hybridized carbons (Fsp3) is 0.350. The summed E-state index contributed by atoms with van der Waals surface area (Å²) in [7, 11) is -3.34. The number of nitrogens with zero attached hydrogens (tertiary/aromatic N) is 1. The molecule has 0 radical (unpaired) electrons. The predicted molar refractivity (Wildman–Crippen MR) is 107 cm³/mol. The number of benzene rings is 2. The molecule has 1 unspecified atom stereocenters. The zero-order valence-corrected chi connectivity index (χ0v) is 16.2. The quantitative estimate of drug-likeness (QED) is 0.551.